The van der Waals surface area contributed by atoms with Gasteiger partial charge in [0.2, 0.25) is 0 Å². The molecule has 0 saturated heterocycles. The van der Waals surface area contributed by atoms with E-state index in [2.05, 4.69) is 54.7 Å². The van der Waals surface area contributed by atoms with Crippen LogP contribution in [0.25, 0.3) is 22.8 Å². The fourth-order valence-electron chi connectivity index (χ4n) is 2.71. The largest absolute Gasteiger partial charge is 0.420 e. The third kappa shape index (κ3) is 2.61. The van der Waals surface area contributed by atoms with Crippen molar-refractivity contribution in [2.45, 2.75) is 13.8 Å². The summed E-state index contributed by atoms with van der Waals surface area (Å²) in [4.78, 5) is 4.59. The van der Waals surface area contributed by atoms with Crippen LogP contribution in [0.1, 0.15) is 11.1 Å². The molecule has 2 aromatic heterocycles. The molecule has 3 nitrogen and oxygen atoms in total. The van der Waals surface area contributed by atoms with E-state index in [1.807, 2.05) is 30.1 Å². The van der Waals surface area contributed by atoms with Gasteiger partial charge in [0.1, 0.15) is 0 Å². The predicted molar refractivity (Wildman–Crippen MR) is 81.4 cm³/mol. The molecule has 0 aliphatic carbocycles. The maximum Gasteiger partial charge on any atom is 0.0563 e. The second-order valence-corrected chi connectivity index (χ2v) is 5.21. The van der Waals surface area contributed by atoms with Crippen molar-refractivity contribution < 1.29 is 20.1 Å². The summed E-state index contributed by atoms with van der Waals surface area (Å²) >= 11 is 0. The Balaban J connectivity index is 0.00000161. The van der Waals surface area contributed by atoms with E-state index in [9.17, 15) is 0 Å². The predicted octanol–water partition coefficient (Wildman–Crippen LogP) is 3.51. The van der Waals surface area contributed by atoms with Crippen LogP contribution in [-0.4, -0.2) is 14.1 Å². The molecule has 0 aliphatic heterocycles. The smallest absolute Gasteiger partial charge is 0.0563 e. The number of rotatable bonds is 2. The van der Waals surface area contributed by atoms with E-state index in [1.165, 1.54) is 16.7 Å². The molecule has 3 rings (SSSR count). The number of aryl methyl sites for hydroxylation is 3. The van der Waals surface area contributed by atoms with Crippen LogP contribution in [0.2, 0.25) is 0 Å². The summed E-state index contributed by atoms with van der Waals surface area (Å²) in [5.41, 5.74) is 5.96. The van der Waals surface area contributed by atoms with E-state index in [4.69, 9.17) is 0 Å². The van der Waals surface area contributed by atoms with Gasteiger partial charge in [-0.15, -0.1) is 0 Å². The standard InChI is InChI=1S/C17H18N3.Ir/c1-12-7-5-8-13(2)16(12)15-11-18-17(20(15)4)14-9-6-10-19(14)3;/h5-8,10-11H,1-4H3;/q-1;. The first kappa shape index (κ1) is 15.7. The van der Waals surface area contributed by atoms with Crippen LogP contribution in [0.3, 0.4) is 0 Å². The molecule has 0 bridgehead atoms. The van der Waals surface area contributed by atoms with Crippen molar-refractivity contribution in [3.63, 3.8) is 0 Å². The minimum Gasteiger partial charge on any atom is -0.420 e. The van der Waals surface area contributed by atoms with Crippen LogP contribution < -0.4 is 0 Å². The molecule has 0 saturated carbocycles. The molecule has 1 radical (unpaired) electrons. The zero-order chi connectivity index (χ0) is 14.3. The fraction of sp³-hybridized carbons (Fsp3) is 0.235. The first-order valence-electron chi connectivity index (χ1n) is 6.71. The maximum atomic E-state index is 4.59. The molecule has 21 heavy (non-hydrogen) atoms. The van der Waals surface area contributed by atoms with E-state index >= 15 is 0 Å². The molecular formula is C17H18IrN3-. The zero-order valence-corrected chi connectivity index (χ0v) is 15.0. The molecule has 0 spiro atoms. The van der Waals surface area contributed by atoms with Gasteiger partial charge in [-0.25, -0.2) is 0 Å². The second-order valence-electron chi connectivity index (χ2n) is 5.21. The van der Waals surface area contributed by atoms with E-state index in [0.717, 1.165) is 17.2 Å². The fourth-order valence-corrected chi connectivity index (χ4v) is 2.71. The Kier molecular flexibility index (Phi) is 4.50. The van der Waals surface area contributed by atoms with Crippen LogP contribution >= 0.6 is 0 Å². The van der Waals surface area contributed by atoms with Gasteiger partial charge in [0, 0.05) is 38.9 Å². The monoisotopic (exact) mass is 457 g/mol. The van der Waals surface area contributed by atoms with Crippen molar-refractivity contribution in [3.05, 3.63) is 53.9 Å². The maximum absolute atomic E-state index is 4.59. The van der Waals surface area contributed by atoms with Gasteiger partial charge in [-0.2, -0.15) is 12.1 Å². The number of imidazole rings is 1. The first-order valence-corrected chi connectivity index (χ1v) is 6.71. The van der Waals surface area contributed by atoms with Gasteiger partial charge < -0.3 is 9.13 Å². The van der Waals surface area contributed by atoms with Crippen molar-refractivity contribution in [1.82, 2.24) is 14.1 Å². The van der Waals surface area contributed by atoms with Crippen LogP contribution in [0.15, 0.2) is 36.7 Å². The summed E-state index contributed by atoms with van der Waals surface area (Å²) in [5.74, 6) is 0.940. The Morgan fingerprint density at radius 1 is 1.10 bits per heavy atom. The van der Waals surface area contributed by atoms with Crippen molar-refractivity contribution >= 4 is 0 Å². The quantitative estimate of drug-likeness (QED) is 0.542. The number of hydrogen-bond acceptors (Lipinski definition) is 1. The molecule has 0 fully saturated rings. The minimum atomic E-state index is 0. The summed E-state index contributed by atoms with van der Waals surface area (Å²) in [5, 5.41) is 0. The number of hydrogen-bond donors (Lipinski definition) is 0. The third-order valence-electron chi connectivity index (χ3n) is 3.81. The van der Waals surface area contributed by atoms with E-state index in [0.29, 0.717) is 0 Å². The van der Waals surface area contributed by atoms with Gasteiger partial charge in [-0.05, 0) is 37.7 Å². The van der Waals surface area contributed by atoms with Crippen LogP contribution in [0, 0.1) is 19.9 Å². The number of aromatic nitrogens is 3. The Morgan fingerprint density at radius 2 is 1.76 bits per heavy atom. The van der Waals surface area contributed by atoms with E-state index < -0.39 is 0 Å². The SMILES string of the molecule is Cc1cccc(C)c1-c1cnc(-c2[c-]ccn2C)n1C.[Ir]. The normalized spacial score (nSPS) is 10.5. The van der Waals surface area contributed by atoms with Crippen molar-refractivity contribution in [2.24, 2.45) is 14.1 Å². The Hall–Kier alpha value is -1.64. The first-order chi connectivity index (χ1) is 9.59. The molecule has 0 atom stereocenters. The van der Waals surface area contributed by atoms with E-state index in [-0.39, 0.29) is 20.1 Å². The Labute approximate surface area is 139 Å². The van der Waals surface area contributed by atoms with Gasteiger partial charge in [-0.3, -0.25) is 4.98 Å². The van der Waals surface area contributed by atoms with Gasteiger partial charge in [0.25, 0.3) is 0 Å². The molecule has 2 heterocycles. The van der Waals surface area contributed by atoms with Gasteiger partial charge >= 0.3 is 0 Å². The van der Waals surface area contributed by atoms with Crippen molar-refractivity contribution in [3.8, 4) is 22.8 Å². The molecule has 111 valence electrons. The second kappa shape index (κ2) is 6.00. The number of benzene rings is 1. The molecule has 4 heteroatoms. The van der Waals surface area contributed by atoms with Crippen LogP contribution in [0.5, 0.6) is 0 Å². The summed E-state index contributed by atoms with van der Waals surface area (Å²) < 4.78 is 4.18. The summed E-state index contributed by atoms with van der Waals surface area (Å²) in [6, 6.07) is 11.5. The molecule has 0 N–H and O–H groups in total. The van der Waals surface area contributed by atoms with E-state index in [1.54, 1.807) is 0 Å². The molecule has 3 aromatic rings. The summed E-state index contributed by atoms with van der Waals surface area (Å²) in [6.45, 7) is 4.29. The van der Waals surface area contributed by atoms with Crippen LogP contribution in [-0.2, 0) is 34.2 Å². The molecule has 0 aliphatic rings. The topological polar surface area (TPSA) is 22.8 Å². The Bertz CT molecular complexity index is 748. The average Bonchev–Trinajstić information content (AvgIpc) is 2.97. The Morgan fingerprint density at radius 3 is 2.33 bits per heavy atom. The molecule has 0 amide bonds. The minimum absolute atomic E-state index is 0. The molecule has 0 unspecified atom stereocenters. The number of nitrogens with zero attached hydrogens (tertiary/aromatic N) is 3. The van der Waals surface area contributed by atoms with Crippen LogP contribution in [0.4, 0.5) is 0 Å². The average molecular weight is 457 g/mol. The summed E-state index contributed by atoms with van der Waals surface area (Å²) in [6.07, 6.45) is 3.94. The third-order valence-corrected chi connectivity index (χ3v) is 3.81. The molecular weight excluding hydrogens is 438 g/mol. The molecule has 1 aromatic carbocycles. The summed E-state index contributed by atoms with van der Waals surface area (Å²) in [7, 11) is 4.07. The van der Waals surface area contributed by atoms with Crippen molar-refractivity contribution in [2.75, 3.05) is 0 Å². The van der Waals surface area contributed by atoms with Crippen molar-refractivity contribution in [1.29, 1.82) is 0 Å². The van der Waals surface area contributed by atoms with Gasteiger partial charge in [-0.1, -0.05) is 24.4 Å². The van der Waals surface area contributed by atoms with Gasteiger partial charge in [0.05, 0.1) is 11.5 Å². The van der Waals surface area contributed by atoms with Gasteiger partial charge in [0.15, 0.2) is 0 Å². The zero-order valence-electron chi connectivity index (χ0n) is 12.6.